The Morgan fingerprint density at radius 1 is 1.26 bits per heavy atom. The molecule has 0 saturated heterocycles. The highest BCUT2D eigenvalue weighted by molar-refractivity contribution is 7.18. The number of nitrogens with one attached hydrogen (secondary N) is 1. The largest absolute Gasteiger partial charge is 0.493 e. The van der Waals surface area contributed by atoms with Crippen molar-refractivity contribution in [3.05, 3.63) is 86.8 Å². The molecule has 2 atom stereocenters. The van der Waals surface area contributed by atoms with Crippen LogP contribution in [0.3, 0.4) is 0 Å². The predicted molar refractivity (Wildman–Crippen MR) is 154 cm³/mol. The second kappa shape index (κ2) is 11.8. The van der Waals surface area contributed by atoms with E-state index in [9.17, 15) is 9.59 Å². The monoisotopic (exact) mass is 544 g/mol. The van der Waals surface area contributed by atoms with E-state index in [1.165, 1.54) is 27.5 Å². The highest BCUT2D eigenvalue weighted by Gasteiger charge is 2.25. The number of nitrogens with zero attached hydrogens (tertiary/aromatic N) is 3. The molecule has 9 heteroatoms. The normalized spacial score (nSPS) is 15.7. The highest BCUT2D eigenvalue weighted by Crippen LogP contribution is 2.35. The first kappa shape index (κ1) is 26.6. The van der Waals surface area contributed by atoms with Crippen LogP contribution in [-0.4, -0.2) is 35.4 Å². The molecule has 2 heterocycles. The fraction of sp³-hybridized carbons (Fsp3) is 0.333. The van der Waals surface area contributed by atoms with Gasteiger partial charge in [0.2, 0.25) is 0 Å². The Morgan fingerprint density at radius 2 is 2.08 bits per heavy atom. The van der Waals surface area contributed by atoms with E-state index in [1.54, 1.807) is 31.4 Å². The van der Waals surface area contributed by atoms with Crippen LogP contribution in [0.5, 0.6) is 11.5 Å². The summed E-state index contributed by atoms with van der Waals surface area (Å²) in [6.45, 7) is 4.43. The summed E-state index contributed by atoms with van der Waals surface area (Å²) in [5, 5.41) is 4.76. The van der Waals surface area contributed by atoms with E-state index < -0.39 is 11.9 Å². The van der Waals surface area contributed by atoms with Crippen molar-refractivity contribution >= 4 is 33.7 Å². The van der Waals surface area contributed by atoms with Crippen LogP contribution in [0.15, 0.2) is 64.8 Å². The third-order valence-electron chi connectivity index (χ3n) is 7.10. The van der Waals surface area contributed by atoms with Crippen LogP contribution in [0.1, 0.15) is 47.9 Å². The van der Waals surface area contributed by atoms with E-state index in [0.717, 1.165) is 41.6 Å². The summed E-state index contributed by atoms with van der Waals surface area (Å²) in [6.07, 6.45) is 6.70. The summed E-state index contributed by atoms with van der Waals surface area (Å²) < 4.78 is 12.8. The summed E-state index contributed by atoms with van der Waals surface area (Å²) in [5.74, 6) is 1.42. The zero-order chi connectivity index (χ0) is 27.4. The molecule has 202 valence electrons. The van der Waals surface area contributed by atoms with E-state index in [4.69, 9.17) is 9.47 Å². The van der Waals surface area contributed by atoms with Crippen LogP contribution in [0.25, 0.3) is 10.2 Å². The van der Waals surface area contributed by atoms with Crippen molar-refractivity contribution in [2.75, 3.05) is 13.7 Å². The molecule has 2 aromatic heterocycles. The van der Waals surface area contributed by atoms with Gasteiger partial charge in [0.25, 0.3) is 11.5 Å². The van der Waals surface area contributed by atoms with Gasteiger partial charge in [-0.25, -0.2) is 10.4 Å². The van der Waals surface area contributed by atoms with Gasteiger partial charge >= 0.3 is 0 Å². The van der Waals surface area contributed by atoms with Crippen LogP contribution in [0.4, 0.5) is 0 Å². The molecule has 0 aliphatic heterocycles. The van der Waals surface area contributed by atoms with Gasteiger partial charge in [-0.2, -0.15) is 5.10 Å². The van der Waals surface area contributed by atoms with Crippen molar-refractivity contribution in [1.29, 1.82) is 0 Å². The highest BCUT2D eigenvalue weighted by atomic mass is 32.1. The molecule has 0 saturated carbocycles. The Balaban J connectivity index is 1.23. The van der Waals surface area contributed by atoms with Gasteiger partial charge in [0, 0.05) is 11.3 Å². The summed E-state index contributed by atoms with van der Waals surface area (Å²) in [7, 11) is 1.58. The minimum atomic E-state index is -0.764. The Hall–Kier alpha value is -3.98. The minimum absolute atomic E-state index is 0.175. The third-order valence-corrected chi connectivity index (χ3v) is 8.27. The molecule has 39 heavy (non-hydrogen) atoms. The molecule has 1 N–H and O–H groups in total. The first-order valence-electron chi connectivity index (χ1n) is 13.1. The quantitative estimate of drug-likeness (QED) is 0.238. The maximum atomic E-state index is 13.3. The molecule has 0 unspecified atom stereocenters. The lowest BCUT2D eigenvalue weighted by molar-refractivity contribution is -0.123. The second-order valence-electron chi connectivity index (χ2n) is 9.89. The number of rotatable bonds is 9. The topological polar surface area (TPSA) is 94.8 Å². The number of thiophene rings is 1. The molecule has 1 amide bonds. The molecule has 1 aliphatic carbocycles. The molecule has 0 bridgehead atoms. The number of hydrogen-bond acceptors (Lipinski definition) is 7. The number of hydrogen-bond donors (Lipinski definition) is 1. The van der Waals surface area contributed by atoms with Crippen molar-refractivity contribution in [3.8, 4) is 11.5 Å². The van der Waals surface area contributed by atoms with Gasteiger partial charge < -0.3 is 9.47 Å². The van der Waals surface area contributed by atoms with E-state index in [2.05, 4.69) is 34.6 Å². The van der Waals surface area contributed by atoms with Gasteiger partial charge in [-0.1, -0.05) is 37.3 Å². The first-order chi connectivity index (χ1) is 18.9. The van der Waals surface area contributed by atoms with Gasteiger partial charge in [-0.05, 0) is 67.0 Å². The number of methoxy groups -OCH3 is 1. The lowest BCUT2D eigenvalue weighted by Gasteiger charge is -2.18. The van der Waals surface area contributed by atoms with E-state index >= 15 is 0 Å². The van der Waals surface area contributed by atoms with Gasteiger partial charge in [0.05, 0.1) is 31.6 Å². The average molecular weight is 545 g/mol. The van der Waals surface area contributed by atoms with Crippen LogP contribution in [-0.2, 0) is 24.1 Å². The van der Waals surface area contributed by atoms with Gasteiger partial charge in [-0.15, -0.1) is 11.3 Å². The number of fused-ring (bicyclic) bond motifs is 3. The molecular weight excluding hydrogens is 512 g/mol. The number of benzene rings is 2. The van der Waals surface area contributed by atoms with Crippen LogP contribution in [0, 0.1) is 5.92 Å². The average Bonchev–Trinajstić information content (AvgIpc) is 3.32. The van der Waals surface area contributed by atoms with Crippen molar-refractivity contribution in [2.45, 2.75) is 45.6 Å². The van der Waals surface area contributed by atoms with E-state index in [-0.39, 0.29) is 5.56 Å². The van der Waals surface area contributed by atoms with Crippen molar-refractivity contribution < 1.29 is 14.3 Å². The molecule has 4 aromatic rings. The summed E-state index contributed by atoms with van der Waals surface area (Å²) >= 11 is 1.60. The van der Waals surface area contributed by atoms with Gasteiger partial charge in [-0.3, -0.25) is 14.2 Å². The van der Waals surface area contributed by atoms with Crippen molar-refractivity contribution in [1.82, 2.24) is 15.0 Å². The fourth-order valence-electron chi connectivity index (χ4n) is 4.82. The van der Waals surface area contributed by atoms with E-state index in [1.807, 2.05) is 30.3 Å². The van der Waals surface area contributed by atoms with Crippen LogP contribution >= 0.6 is 11.3 Å². The van der Waals surface area contributed by atoms with Gasteiger partial charge in [0.1, 0.15) is 10.9 Å². The first-order valence-corrected chi connectivity index (χ1v) is 13.9. The lowest BCUT2D eigenvalue weighted by Crippen LogP contribution is -2.34. The molecule has 0 radical (unpaired) electrons. The number of carbonyl (C=O) groups is 1. The maximum absolute atomic E-state index is 13.3. The van der Waals surface area contributed by atoms with Crippen LogP contribution < -0.4 is 20.5 Å². The van der Waals surface area contributed by atoms with Crippen molar-refractivity contribution in [2.24, 2.45) is 11.0 Å². The fourth-order valence-corrected chi connectivity index (χ4v) is 6.16. The number of ether oxygens (including phenoxy) is 2. The number of aromatic nitrogens is 2. The lowest BCUT2D eigenvalue weighted by atomic mass is 9.89. The minimum Gasteiger partial charge on any atom is -0.493 e. The summed E-state index contributed by atoms with van der Waals surface area (Å²) in [5.41, 5.74) is 5.41. The Morgan fingerprint density at radius 3 is 2.87 bits per heavy atom. The number of hydrazone groups is 1. The van der Waals surface area contributed by atoms with Gasteiger partial charge in [0.15, 0.2) is 11.5 Å². The second-order valence-corrected chi connectivity index (χ2v) is 11.0. The number of aryl methyl sites for hydroxylation is 1. The van der Waals surface area contributed by atoms with Crippen molar-refractivity contribution in [3.63, 3.8) is 0 Å². The van der Waals surface area contributed by atoms with E-state index in [0.29, 0.717) is 29.4 Å². The Kier molecular flexibility index (Phi) is 8.07. The number of carbonyl (C=O) groups excluding carboxylic acids is 1. The molecule has 0 fully saturated rings. The predicted octanol–water partition coefficient (Wildman–Crippen LogP) is 4.92. The zero-order valence-electron chi connectivity index (χ0n) is 22.3. The SMILES string of the molecule is COc1cc(/C=N\NC(=O)[C@@H](C)n2cnc3sc4c(c3c2=O)CC[C@@H](C)C4)ccc1OCCc1ccccc1. The molecule has 2 aromatic carbocycles. The summed E-state index contributed by atoms with van der Waals surface area (Å²) in [4.78, 5) is 32.7. The molecule has 1 aliphatic rings. The number of amides is 1. The molecule has 0 spiro atoms. The Bertz CT molecular complexity index is 1560. The summed E-state index contributed by atoms with van der Waals surface area (Å²) in [6, 6.07) is 14.8. The molecule has 5 rings (SSSR count). The molecular formula is C30H32N4O4S. The standard InChI is InChI=1S/C30H32N4O4S/c1-19-9-11-23-26(15-19)39-29-27(23)30(36)34(18-31-29)20(2)28(35)33-32-17-22-10-12-24(25(16-22)37-3)38-14-13-21-7-5-4-6-8-21/h4-8,10,12,16-20H,9,11,13-15H2,1-3H3,(H,33,35)/b32-17-/t19-,20-/m1/s1. The third kappa shape index (κ3) is 5.88. The zero-order valence-corrected chi connectivity index (χ0v) is 23.2. The van der Waals surface area contributed by atoms with Crippen LogP contribution in [0.2, 0.25) is 0 Å². The molecule has 8 nitrogen and oxygen atoms in total. The maximum Gasteiger partial charge on any atom is 0.263 e. The Labute approximate surface area is 231 Å². The smallest absolute Gasteiger partial charge is 0.263 e.